The van der Waals surface area contributed by atoms with Crippen LogP contribution in [0.5, 0.6) is 0 Å². The lowest BCUT2D eigenvalue weighted by Crippen LogP contribution is -2.64. The van der Waals surface area contributed by atoms with Crippen LogP contribution in [0.3, 0.4) is 0 Å². The molecule has 0 aliphatic heterocycles. The number of amides is 1. The first-order valence-corrected chi connectivity index (χ1v) is 8.58. The molecule has 0 aromatic carbocycles. The van der Waals surface area contributed by atoms with E-state index in [2.05, 4.69) is 5.32 Å². The predicted octanol–water partition coefficient (Wildman–Crippen LogP) is 0.340. The minimum absolute atomic E-state index is 0.236. The molecule has 18 heavy (non-hydrogen) atoms. The summed E-state index contributed by atoms with van der Waals surface area (Å²) in [5, 5.41) is 2.63. The Morgan fingerprint density at radius 3 is 2.33 bits per heavy atom. The minimum atomic E-state index is -3.26. The zero-order valence-corrected chi connectivity index (χ0v) is 11.6. The fourth-order valence-corrected chi connectivity index (χ4v) is 5.13. The van der Waals surface area contributed by atoms with E-state index < -0.39 is 26.5 Å². The molecule has 5 nitrogen and oxygen atoms in total. The Morgan fingerprint density at radius 2 is 1.83 bits per heavy atom. The summed E-state index contributed by atoms with van der Waals surface area (Å²) < 4.78 is 23.8. The van der Waals surface area contributed by atoms with E-state index in [0.717, 1.165) is 32.1 Å². The highest BCUT2D eigenvalue weighted by Gasteiger charge is 2.53. The van der Waals surface area contributed by atoms with E-state index in [0.29, 0.717) is 12.8 Å². The number of rotatable bonds is 4. The van der Waals surface area contributed by atoms with Crippen molar-refractivity contribution in [1.82, 2.24) is 5.32 Å². The summed E-state index contributed by atoms with van der Waals surface area (Å²) in [5.74, 6) is -0.512. The lowest BCUT2D eigenvalue weighted by atomic mass is 9.94. The van der Waals surface area contributed by atoms with Crippen LogP contribution >= 0.6 is 0 Å². The number of carbonyl (C=O) groups excluding carboxylic acids is 1. The maximum Gasteiger partial charge on any atom is 0.239 e. The fraction of sp³-hybridized carbons (Fsp3) is 0.917. The molecule has 0 aromatic heterocycles. The Hall–Kier alpha value is -0.620. The Labute approximate surface area is 108 Å². The standard InChI is InChI=1S/C12H22N2O3S/c1-18(16,17)10-7-4-8-12(10,11(13)15)14-9-5-2-3-6-9/h9-10,14H,2-8H2,1H3,(H2,13,15). The van der Waals surface area contributed by atoms with E-state index in [9.17, 15) is 13.2 Å². The van der Waals surface area contributed by atoms with Gasteiger partial charge in [0.2, 0.25) is 5.91 Å². The van der Waals surface area contributed by atoms with Gasteiger partial charge in [-0.25, -0.2) is 8.42 Å². The van der Waals surface area contributed by atoms with E-state index in [-0.39, 0.29) is 6.04 Å². The third-order valence-electron chi connectivity index (χ3n) is 4.36. The van der Waals surface area contributed by atoms with Crippen molar-refractivity contribution < 1.29 is 13.2 Å². The molecule has 0 heterocycles. The molecule has 1 amide bonds. The van der Waals surface area contributed by atoms with E-state index in [1.165, 1.54) is 6.26 Å². The van der Waals surface area contributed by atoms with Crippen molar-refractivity contribution in [3.8, 4) is 0 Å². The third kappa shape index (κ3) is 2.40. The van der Waals surface area contributed by atoms with Crippen molar-refractivity contribution in [3.63, 3.8) is 0 Å². The van der Waals surface area contributed by atoms with Crippen LogP contribution in [0.25, 0.3) is 0 Å². The van der Waals surface area contributed by atoms with Gasteiger partial charge in [0.05, 0.1) is 5.25 Å². The SMILES string of the molecule is CS(=O)(=O)C1CCCC1(NC1CCCC1)C(N)=O. The van der Waals surface area contributed by atoms with E-state index in [4.69, 9.17) is 5.73 Å². The summed E-state index contributed by atoms with van der Waals surface area (Å²) in [5.41, 5.74) is 4.49. The maximum absolute atomic E-state index is 11.9. The number of sulfone groups is 1. The van der Waals surface area contributed by atoms with Gasteiger partial charge in [0.1, 0.15) is 5.54 Å². The second kappa shape index (κ2) is 4.81. The van der Waals surface area contributed by atoms with Gasteiger partial charge >= 0.3 is 0 Å². The van der Waals surface area contributed by atoms with Gasteiger partial charge in [-0.2, -0.15) is 0 Å². The van der Waals surface area contributed by atoms with E-state index >= 15 is 0 Å². The Kier molecular flexibility index (Phi) is 3.69. The van der Waals surface area contributed by atoms with Crippen LogP contribution in [0, 0.1) is 0 Å². The van der Waals surface area contributed by atoms with Gasteiger partial charge in [-0.3, -0.25) is 10.1 Å². The van der Waals surface area contributed by atoms with Crippen molar-refractivity contribution in [1.29, 1.82) is 0 Å². The number of nitrogens with two attached hydrogens (primary N) is 1. The molecule has 0 spiro atoms. The van der Waals surface area contributed by atoms with Crippen molar-refractivity contribution in [3.05, 3.63) is 0 Å². The first-order chi connectivity index (χ1) is 8.36. The van der Waals surface area contributed by atoms with Crippen molar-refractivity contribution in [2.45, 2.75) is 61.8 Å². The van der Waals surface area contributed by atoms with Gasteiger partial charge < -0.3 is 5.73 Å². The van der Waals surface area contributed by atoms with Crippen LogP contribution in [0.1, 0.15) is 44.9 Å². The quantitative estimate of drug-likeness (QED) is 0.773. The zero-order valence-electron chi connectivity index (χ0n) is 10.8. The van der Waals surface area contributed by atoms with Gasteiger partial charge in [-0.05, 0) is 32.1 Å². The second-order valence-corrected chi connectivity index (χ2v) is 7.90. The number of primary amides is 1. The summed E-state index contributed by atoms with van der Waals surface area (Å²) in [6.45, 7) is 0. The van der Waals surface area contributed by atoms with Gasteiger partial charge in [-0.15, -0.1) is 0 Å². The normalized spacial score (nSPS) is 33.9. The Balaban J connectivity index is 2.27. The molecule has 0 bridgehead atoms. The minimum Gasteiger partial charge on any atom is -0.368 e. The van der Waals surface area contributed by atoms with Crippen LogP contribution < -0.4 is 11.1 Å². The van der Waals surface area contributed by atoms with Crippen LogP contribution in [0.4, 0.5) is 0 Å². The summed E-state index contributed by atoms with van der Waals surface area (Å²) in [7, 11) is -3.26. The van der Waals surface area contributed by atoms with Crippen LogP contribution in [-0.2, 0) is 14.6 Å². The molecule has 6 heteroatoms. The lowest BCUT2D eigenvalue weighted by molar-refractivity contribution is -0.124. The van der Waals surface area contributed by atoms with Gasteiger partial charge in [0, 0.05) is 12.3 Å². The van der Waals surface area contributed by atoms with Crippen LogP contribution in [-0.4, -0.2) is 37.4 Å². The lowest BCUT2D eigenvalue weighted by Gasteiger charge is -2.35. The Morgan fingerprint density at radius 1 is 1.22 bits per heavy atom. The summed E-state index contributed by atoms with van der Waals surface area (Å²) in [6, 6.07) is 0.236. The van der Waals surface area contributed by atoms with Gasteiger partial charge in [0.15, 0.2) is 9.84 Å². The molecule has 0 saturated heterocycles. The highest BCUT2D eigenvalue weighted by molar-refractivity contribution is 7.91. The summed E-state index contributed by atoms with van der Waals surface area (Å²) >= 11 is 0. The number of hydrogen-bond acceptors (Lipinski definition) is 4. The monoisotopic (exact) mass is 274 g/mol. The second-order valence-electron chi connectivity index (χ2n) is 5.67. The average molecular weight is 274 g/mol. The predicted molar refractivity (Wildman–Crippen MR) is 69.8 cm³/mol. The van der Waals surface area contributed by atoms with Crippen molar-refractivity contribution in [2.24, 2.45) is 5.73 Å². The van der Waals surface area contributed by atoms with E-state index in [1.54, 1.807) is 0 Å². The van der Waals surface area contributed by atoms with E-state index in [1.807, 2.05) is 0 Å². The molecule has 2 atom stereocenters. The first kappa shape index (κ1) is 13.8. The average Bonchev–Trinajstić information content (AvgIpc) is 2.86. The van der Waals surface area contributed by atoms with Crippen LogP contribution in [0.2, 0.25) is 0 Å². The Bertz CT molecular complexity index is 429. The smallest absolute Gasteiger partial charge is 0.239 e. The molecule has 3 N–H and O–H groups in total. The van der Waals surface area contributed by atoms with Crippen molar-refractivity contribution in [2.75, 3.05) is 6.26 Å². The zero-order chi connectivity index (χ0) is 13.4. The van der Waals surface area contributed by atoms with Gasteiger partial charge in [0.25, 0.3) is 0 Å². The summed E-state index contributed by atoms with van der Waals surface area (Å²) in [6.07, 6.45) is 7.29. The van der Waals surface area contributed by atoms with Gasteiger partial charge in [-0.1, -0.05) is 12.8 Å². The molecule has 2 rings (SSSR count). The topological polar surface area (TPSA) is 89.3 Å². The van der Waals surface area contributed by atoms with Crippen molar-refractivity contribution >= 4 is 15.7 Å². The molecular weight excluding hydrogens is 252 g/mol. The molecule has 2 fully saturated rings. The molecule has 0 aromatic rings. The third-order valence-corrected chi connectivity index (χ3v) is 6.03. The summed E-state index contributed by atoms with van der Waals surface area (Å²) in [4.78, 5) is 11.9. The maximum atomic E-state index is 11.9. The first-order valence-electron chi connectivity index (χ1n) is 6.63. The molecular formula is C12H22N2O3S. The fourth-order valence-electron chi connectivity index (χ4n) is 3.51. The highest BCUT2D eigenvalue weighted by Crippen LogP contribution is 2.36. The molecule has 0 radical (unpaired) electrons. The molecule has 2 unspecified atom stereocenters. The number of carbonyl (C=O) groups is 1. The molecule has 2 aliphatic carbocycles. The molecule has 2 aliphatic rings. The number of hydrogen-bond donors (Lipinski definition) is 2. The van der Waals surface area contributed by atoms with Crippen LogP contribution in [0.15, 0.2) is 0 Å². The molecule has 2 saturated carbocycles. The largest absolute Gasteiger partial charge is 0.368 e. The molecule has 104 valence electrons. The highest BCUT2D eigenvalue weighted by atomic mass is 32.2. The number of nitrogens with one attached hydrogen (secondary N) is 1.